The van der Waals surface area contributed by atoms with Gasteiger partial charge < -0.3 is 4.90 Å². The van der Waals surface area contributed by atoms with E-state index in [1.165, 1.54) is 0 Å². The van der Waals surface area contributed by atoms with Crippen molar-refractivity contribution in [3.05, 3.63) is 78.9 Å². The molecule has 0 saturated carbocycles. The lowest BCUT2D eigenvalue weighted by Gasteiger charge is -2.14. The Morgan fingerprint density at radius 2 is 1.12 bits per heavy atom. The fourth-order valence-corrected chi connectivity index (χ4v) is 2.92. The first kappa shape index (κ1) is 15.3. The molecule has 3 heteroatoms. The molecule has 25 heavy (non-hydrogen) atoms. The zero-order chi connectivity index (χ0) is 17.2. The minimum atomic E-state index is 0.907. The molecule has 1 heterocycles. The molecule has 0 unspecified atom stereocenters. The molecule has 0 aliphatic heterocycles. The Kier molecular flexibility index (Phi) is 3.90. The lowest BCUT2D eigenvalue weighted by Crippen LogP contribution is -2.08. The van der Waals surface area contributed by atoms with E-state index in [1.807, 2.05) is 56.6 Å². The van der Waals surface area contributed by atoms with Crippen LogP contribution in [-0.4, -0.2) is 24.1 Å². The first-order valence-corrected chi connectivity index (χ1v) is 8.32. The van der Waals surface area contributed by atoms with Crippen LogP contribution < -0.4 is 4.90 Å². The van der Waals surface area contributed by atoms with Gasteiger partial charge >= 0.3 is 0 Å². The van der Waals surface area contributed by atoms with E-state index in [0.717, 1.165) is 39.2 Å². The highest BCUT2D eigenvalue weighted by Crippen LogP contribution is 2.31. The molecule has 0 aliphatic carbocycles. The molecule has 0 atom stereocenters. The summed E-state index contributed by atoms with van der Waals surface area (Å²) >= 11 is 0. The van der Waals surface area contributed by atoms with Gasteiger partial charge in [-0.15, -0.1) is 0 Å². The smallest absolute Gasteiger partial charge is 0.0973 e. The van der Waals surface area contributed by atoms with E-state index >= 15 is 0 Å². The number of hydrogen-bond acceptors (Lipinski definition) is 3. The summed E-state index contributed by atoms with van der Waals surface area (Å²) in [6, 6.07) is 26.7. The van der Waals surface area contributed by atoms with Gasteiger partial charge in [-0.05, 0) is 18.2 Å². The molecule has 4 rings (SSSR count). The molecule has 0 aliphatic rings. The van der Waals surface area contributed by atoms with E-state index < -0.39 is 0 Å². The summed E-state index contributed by atoms with van der Waals surface area (Å²) in [6.07, 6.45) is 0. The molecule has 0 saturated heterocycles. The van der Waals surface area contributed by atoms with E-state index in [9.17, 15) is 0 Å². The Morgan fingerprint density at radius 3 is 1.64 bits per heavy atom. The van der Waals surface area contributed by atoms with Gasteiger partial charge in [0.2, 0.25) is 0 Å². The predicted octanol–water partition coefficient (Wildman–Crippen LogP) is 5.03. The lowest BCUT2D eigenvalue weighted by atomic mass is 10.0. The van der Waals surface area contributed by atoms with Crippen molar-refractivity contribution < 1.29 is 0 Å². The molecule has 1 aromatic heterocycles. The molecule has 0 N–H and O–H groups in total. The van der Waals surface area contributed by atoms with Crippen LogP contribution in [0.5, 0.6) is 0 Å². The Labute approximate surface area is 147 Å². The maximum atomic E-state index is 4.98. The van der Waals surface area contributed by atoms with E-state index in [2.05, 4.69) is 41.3 Å². The average Bonchev–Trinajstić information content (AvgIpc) is 2.68. The monoisotopic (exact) mass is 325 g/mol. The van der Waals surface area contributed by atoms with Gasteiger partial charge in [0.1, 0.15) is 0 Å². The van der Waals surface area contributed by atoms with E-state index in [-0.39, 0.29) is 0 Å². The second kappa shape index (κ2) is 6.36. The molecule has 4 aromatic rings. The van der Waals surface area contributed by atoms with Crippen LogP contribution in [0.15, 0.2) is 78.9 Å². The number of rotatable bonds is 3. The van der Waals surface area contributed by atoms with Crippen LogP contribution in [0.1, 0.15) is 0 Å². The van der Waals surface area contributed by atoms with Crippen molar-refractivity contribution in [1.82, 2.24) is 9.97 Å². The molecular formula is C22H19N3. The van der Waals surface area contributed by atoms with Crippen LogP contribution in [0.2, 0.25) is 0 Å². The summed E-state index contributed by atoms with van der Waals surface area (Å²) in [5.41, 5.74) is 6.91. The zero-order valence-electron chi connectivity index (χ0n) is 14.3. The van der Waals surface area contributed by atoms with E-state index in [1.54, 1.807) is 0 Å². The standard InChI is InChI=1S/C22H19N3/c1-25(2)18-13-14-19-20(15-18)24-22(17-11-7-4-8-12-17)21(23-19)16-9-5-3-6-10-16/h3-15H,1-2H3. The Balaban J connectivity index is 2.00. The summed E-state index contributed by atoms with van der Waals surface area (Å²) in [4.78, 5) is 12.0. The number of hydrogen-bond donors (Lipinski definition) is 0. The van der Waals surface area contributed by atoms with Crippen LogP contribution in [-0.2, 0) is 0 Å². The van der Waals surface area contributed by atoms with Crippen molar-refractivity contribution >= 4 is 16.7 Å². The number of nitrogens with zero attached hydrogens (tertiary/aromatic N) is 3. The SMILES string of the molecule is CN(C)c1ccc2nc(-c3ccccc3)c(-c3ccccc3)nc2c1. The highest BCUT2D eigenvalue weighted by atomic mass is 15.1. The third-order valence-electron chi connectivity index (χ3n) is 4.26. The Bertz CT molecular complexity index is 1010. The fourth-order valence-electron chi connectivity index (χ4n) is 2.92. The van der Waals surface area contributed by atoms with Gasteiger partial charge in [0.25, 0.3) is 0 Å². The molecule has 0 radical (unpaired) electrons. The average molecular weight is 325 g/mol. The highest BCUT2D eigenvalue weighted by molar-refractivity contribution is 5.87. The highest BCUT2D eigenvalue weighted by Gasteiger charge is 2.13. The number of aromatic nitrogens is 2. The largest absolute Gasteiger partial charge is 0.378 e. The Hall–Kier alpha value is -3.20. The van der Waals surface area contributed by atoms with Crippen molar-refractivity contribution in [2.24, 2.45) is 0 Å². The quantitative estimate of drug-likeness (QED) is 0.529. The minimum absolute atomic E-state index is 0.907. The van der Waals surface area contributed by atoms with Gasteiger partial charge in [-0.2, -0.15) is 0 Å². The first-order chi connectivity index (χ1) is 12.2. The minimum Gasteiger partial charge on any atom is -0.378 e. The summed E-state index contributed by atoms with van der Waals surface area (Å²) in [5.74, 6) is 0. The van der Waals surface area contributed by atoms with Crippen LogP contribution >= 0.6 is 0 Å². The van der Waals surface area contributed by atoms with Gasteiger partial charge in [0.15, 0.2) is 0 Å². The van der Waals surface area contributed by atoms with E-state index in [4.69, 9.17) is 9.97 Å². The molecule has 0 spiro atoms. The van der Waals surface area contributed by atoms with Crippen LogP contribution in [0.3, 0.4) is 0 Å². The van der Waals surface area contributed by atoms with Crippen LogP contribution in [0, 0.1) is 0 Å². The molecule has 0 fully saturated rings. The molecule has 122 valence electrons. The van der Waals surface area contributed by atoms with Crippen molar-refractivity contribution in [3.63, 3.8) is 0 Å². The van der Waals surface area contributed by atoms with Crippen molar-refractivity contribution in [3.8, 4) is 22.5 Å². The third kappa shape index (κ3) is 2.96. The first-order valence-electron chi connectivity index (χ1n) is 8.32. The maximum Gasteiger partial charge on any atom is 0.0973 e. The molecule has 0 bridgehead atoms. The maximum absolute atomic E-state index is 4.98. The van der Waals surface area contributed by atoms with Crippen molar-refractivity contribution in [2.75, 3.05) is 19.0 Å². The number of benzene rings is 3. The zero-order valence-corrected chi connectivity index (χ0v) is 14.3. The van der Waals surface area contributed by atoms with Crippen LogP contribution in [0.4, 0.5) is 5.69 Å². The number of fused-ring (bicyclic) bond motifs is 1. The summed E-state index contributed by atoms with van der Waals surface area (Å²) < 4.78 is 0. The summed E-state index contributed by atoms with van der Waals surface area (Å²) in [6.45, 7) is 0. The van der Waals surface area contributed by atoms with Gasteiger partial charge in [0.05, 0.1) is 22.4 Å². The lowest BCUT2D eigenvalue weighted by molar-refractivity contribution is 1.13. The van der Waals surface area contributed by atoms with Crippen molar-refractivity contribution in [1.29, 1.82) is 0 Å². The predicted molar refractivity (Wildman–Crippen MR) is 105 cm³/mol. The van der Waals surface area contributed by atoms with Gasteiger partial charge in [-0.1, -0.05) is 60.7 Å². The normalized spacial score (nSPS) is 10.8. The second-order valence-corrected chi connectivity index (χ2v) is 6.22. The fraction of sp³-hybridized carbons (Fsp3) is 0.0909. The molecule has 0 amide bonds. The summed E-state index contributed by atoms with van der Waals surface area (Å²) in [5, 5.41) is 0. The van der Waals surface area contributed by atoms with Gasteiger partial charge in [0, 0.05) is 30.9 Å². The third-order valence-corrected chi connectivity index (χ3v) is 4.26. The van der Waals surface area contributed by atoms with E-state index in [0.29, 0.717) is 0 Å². The van der Waals surface area contributed by atoms with Gasteiger partial charge in [-0.3, -0.25) is 0 Å². The number of anilines is 1. The molecular weight excluding hydrogens is 306 g/mol. The Morgan fingerprint density at radius 1 is 0.600 bits per heavy atom. The van der Waals surface area contributed by atoms with Crippen molar-refractivity contribution in [2.45, 2.75) is 0 Å². The topological polar surface area (TPSA) is 29.0 Å². The van der Waals surface area contributed by atoms with Gasteiger partial charge in [-0.25, -0.2) is 9.97 Å². The molecule has 3 nitrogen and oxygen atoms in total. The second-order valence-electron chi connectivity index (χ2n) is 6.22. The van der Waals surface area contributed by atoms with Crippen LogP contribution in [0.25, 0.3) is 33.5 Å². The summed E-state index contributed by atoms with van der Waals surface area (Å²) in [7, 11) is 4.07. The molecule has 3 aromatic carbocycles.